The molecule has 0 amide bonds. The summed E-state index contributed by atoms with van der Waals surface area (Å²) >= 11 is 0. The molecule has 2 aromatic heterocycles. The standard InChI is InChI=1S/C52H34N2O/c1-2-16-40(17-3-1)53(47-24-11-14-37-13-4-5-19-42(37)47)41-18-10-15-38(33-41)35-27-29-36(30-28-35)39-31-32-49-46(34-39)43-20-6-8-23-48(43)54(49)50-25-12-22-45-44-21-7-9-26-51(44)55-52(45)50/h1-34H. The van der Waals surface area contributed by atoms with Crippen LogP contribution in [0.3, 0.4) is 0 Å². The summed E-state index contributed by atoms with van der Waals surface area (Å²) in [4.78, 5) is 2.36. The average molecular weight is 703 g/mol. The van der Waals surface area contributed by atoms with Crippen LogP contribution in [0.5, 0.6) is 0 Å². The second-order valence-corrected chi connectivity index (χ2v) is 14.1. The molecule has 11 aromatic rings. The lowest BCUT2D eigenvalue weighted by Gasteiger charge is -2.27. The van der Waals surface area contributed by atoms with Gasteiger partial charge in [0.1, 0.15) is 5.58 Å². The van der Waals surface area contributed by atoms with Crippen molar-refractivity contribution in [2.45, 2.75) is 0 Å². The third-order valence-electron chi connectivity index (χ3n) is 11.0. The summed E-state index contributed by atoms with van der Waals surface area (Å²) in [7, 11) is 0. The van der Waals surface area contributed by atoms with Crippen molar-refractivity contribution in [2.75, 3.05) is 4.90 Å². The topological polar surface area (TPSA) is 21.3 Å². The fourth-order valence-electron chi connectivity index (χ4n) is 8.41. The van der Waals surface area contributed by atoms with E-state index in [9.17, 15) is 0 Å². The molecule has 0 aliphatic carbocycles. The first-order chi connectivity index (χ1) is 27.3. The van der Waals surface area contributed by atoms with Crippen LogP contribution in [0.2, 0.25) is 0 Å². The van der Waals surface area contributed by atoms with Gasteiger partial charge in [0.05, 0.1) is 22.4 Å². The highest BCUT2D eigenvalue weighted by molar-refractivity contribution is 6.13. The van der Waals surface area contributed by atoms with Crippen LogP contribution in [0, 0.1) is 0 Å². The summed E-state index contributed by atoms with van der Waals surface area (Å²) in [5.74, 6) is 0. The molecule has 0 unspecified atom stereocenters. The molecule has 0 aliphatic rings. The number of aromatic nitrogens is 1. The molecule has 0 radical (unpaired) electrons. The van der Waals surface area contributed by atoms with Crippen LogP contribution in [0.25, 0.3) is 82.5 Å². The van der Waals surface area contributed by atoms with Gasteiger partial charge in [-0.3, -0.25) is 0 Å². The zero-order valence-corrected chi connectivity index (χ0v) is 29.9. The molecule has 55 heavy (non-hydrogen) atoms. The van der Waals surface area contributed by atoms with E-state index in [1.807, 2.05) is 12.1 Å². The molecule has 0 spiro atoms. The van der Waals surface area contributed by atoms with Crippen molar-refractivity contribution in [2.24, 2.45) is 0 Å². The van der Waals surface area contributed by atoms with Gasteiger partial charge >= 0.3 is 0 Å². The predicted octanol–water partition coefficient (Wildman–Crippen LogP) is 14.6. The molecule has 0 saturated carbocycles. The Balaban J connectivity index is 0.981. The van der Waals surface area contributed by atoms with Crippen molar-refractivity contribution < 1.29 is 4.42 Å². The average Bonchev–Trinajstić information content (AvgIpc) is 3.80. The number of rotatable bonds is 6. The molecule has 9 aromatic carbocycles. The summed E-state index contributed by atoms with van der Waals surface area (Å²) in [6.45, 7) is 0. The third-order valence-corrected chi connectivity index (χ3v) is 11.0. The normalized spacial score (nSPS) is 11.6. The molecule has 11 rings (SSSR count). The maximum Gasteiger partial charge on any atom is 0.159 e. The second kappa shape index (κ2) is 12.6. The minimum Gasteiger partial charge on any atom is -0.454 e. The fraction of sp³-hybridized carbons (Fsp3) is 0. The Bertz CT molecular complexity index is 3200. The summed E-state index contributed by atoms with van der Waals surface area (Å²) in [5, 5.41) is 7.13. The van der Waals surface area contributed by atoms with Crippen LogP contribution < -0.4 is 4.90 Å². The first-order valence-electron chi connectivity index (χ1n) is 18.8. The van der Waals surface area contributed by atoms with Gasteiger partial charge in [0.25, 0.3) is 0 Å². The summed E-state index contributed by atoms with van der Waals surface area (Å²) in [6, 6.07) is 73.9. The maximum absolute atomic E-state index is 6.50. The smallest absolute Gasteiger partial charge is 0.159 e. The van der Waals surface area contributed by atoms with Crippen LogP contribution in [-0.4, -0.2) is 4.57 Å². The summed E-state index contributed by atoms with van der Waals surface area (Å²) < 4.78 is 8.86. The van der Waals surface area contributed by atoms with Gasteiger partial charge in [-0.05, 0) is 88.3 Å². The molecular weight excluding hydrogens is 669 g/mol. The SMILES string of the molecule is c1ccc(N(c2cccc(-c3ccc(-c4ccc5c(c4)c4ccccc4n5-c4cccc5c4oc4ccccc45)cc3)c2)c2cccc3ccccc23)cc1. The van der Waals surface area contributed by atoms with E-state index in [2.05, 4.69) is 204 Å². The van der Waals surface area contributed by atoms with Crippen molar-refractivity contribution in [1.82, 2.24) is 4.57 Å². The van der Waals surface area contributed by atoms with E-state index in [-0.39, 0.29) is 0 Å². The van der Waals surface area contributed by atoms with Crippen molar-refractivity contribution in [3.63, 3.8) is 0 Å². The van der Waals surface area contributed by atoms with E-state index in [1.54, 1.807) is 0 Å². The fourth-order valence-corrected chi connectivity index (χ4v) is 8.41. The molecule has 258 valence electrons. The number of nitrogens with zero attached hydrogens (tertiary/aromatic N) is 2. The molecule has 0 aliphatic heterocycles. The Kier molecular flexibility index (Phi) is 7.17. The number of benzene rings is 9. The Hall–Kier alpha value is -7.36. The van der Waals surface area contributed by atoms with E-state index in [0.717, 1.165) is 55.7 Å². The Labute approximate surface area is 318 Å². The minimum atomic E-state index is 0.902. The number of para-hydroxylation sites is 4. The van der Waals surface area contributed by atoms with Crippen molar-refractivity contribution in [3.8, 4) is 27.9 Å². The molecule has 0 atom stereocenters. The Morgan fingerprint density at radius 1 is 0.364 bits per heavy atom. The van der Waals surface area contributed by atoms with Crippen LogP contribution in [-0.2, 0) is 0 Å². The molecule has 0 bridgehead atoms. The van der Waals surface area contributed by atoms with Crippen LogP contribution in [0.4, 0.5) is 17.1 Å². The van der Waals surface area contributed by atoms with Gasteiger partial charge in [0.2, 0.25) is 0 Å². The van der Waals surface area contributed by atoms with Gasteiger partial charge in [0, 0.05) is 38.3 Å². The summed E-state index contributed by atoms with van der Waals surface area (Å²) in [6.07, 6.45) is 0. The molecular formula is C52H34N2O. The quantitative estimate of drug-likeness (QED) is 0.172. The van der Waals surface area contributed by atoms with E-state index in [1.165, 1.54) is 43.8 Å². The number of fused-ring (bicyclic) bond motifs is 7. The lowest BCUT2D eigenvalue weighted by molar-refractivity contribution is 0.666. The molecule has 0 N–H and O–H groups in total. The van der Waals surface area contributed by atoms with Crippen molar-refractivity contribution in [1.29, 1.82) is 0 Å². The van der Waals surface area contributed by atoms with Crippen LogP contribution in [0.1, 0.15) is 0 Å². The number of anilines is 3. The monoisotopic (exact) mass is 702 g/mol. The lowest BCUT2D eigenvalue weighted by atomic mass is 9.98. The number of hydrogen-bond acceptors (Lipinski definition) is 2. The van der Waals surface area contributed by atoms with Crippen molar-refractivity contribution >= 4 is 71.6 Å². The maximum atomic E-state index is 6.50. The van der Waals surface area contributed by atoms with Gasteiger partial charge in [-0.2, -0.15) is 0 Å². The highest BCUT2D eigenvalue weighted by Crippen LogP contribution is 2.42. The van der Waals surface area contributed by atoms with E-state index >= 15 is 0 Å². The number of furan rings is 1. The van der Waals surface area contributed by atoms with E-state index in [4.69, 9.17) is 4.42 Å². The Morgan fingerprint density at radius 2 is 0.964 bits per heavy atom. The second-order valence-electron chi connectivity index (χ2n) is 14.1. The molecule has 0 fully saturated rings. The predicted molar refractivity (Wildman–Crippen MR) is 231 cm³/mol. The van der Waals surface area contributed by atoms with Crippen LogP contribution >= 0.6 is 0 Å². The van der Waals surface area contributed by atoms with Crippen LogP contribution in [0.15, 0.2) is 211 Å². The van der Waals surface area contributed by atoms with E-state index < -0.39 is 0 Å². The van der Waals surface area contributed by atoms with Gasteiger partial charge in [-0.1, -0.05) is 146 Å². The molecule has 0 saturated heterocycles. The molecule has 3 nitrogen and oxygen atoms in total. The Morgan fingerprint density at radius 3 is 1.82 bits per heavy atom. The van der Waals surface area contributed by atoms with E-state index in [0.29, 0.717) is 0 Å². The highest BCUT2D eigenvalue weighted by Gasteiger charge is 2.19. The zero-order valence-electron chi connectivity index (χ0n) is 29.9. The van der Waals surface area contributed by atoms with Gasteiger partial charge in [-0.25, -0.2) is 0 Å². The molecule has 3 heteroatoms. The third kappa shape index (κ3) is 5.13. The highest BCUT2D eigenvalue weighted by atomic mass is 16.3. The zero-order chi connectivity index (χ0) is 36.3. The minimum absolute atomic E-state index is 0.902. The van der Waals surface area contributed by atoms with Crippen molar-refractivity contribution in [3.05, 3.63) is 206 Å². The lowest BCUT2D eigenvalue weighted by Crippen LogP contribution is -2.10. The molecule has 2 heterocycles. The van der Waals surface area contributed by atoms with Gasteiger partial charge in [-0.15, -0.1) is 0 Å². The van der Waals surface area contributed by atoms with Gasteiger partial charge in [0.15, 0.2) is 5.58 Å². The first-order valence-corrected chi connectivity index (χ1v) is 18.8. The van der Waals surface area contributed by atoms with Gasteiger partial charge < -0.3 is 13.9 Å². The first kappa shape index (κ1) is 31.2. The largest absolute Gasteiger partial charge is 0.454 e. The number of hydrogen-bond donors (Lipinski definition) is 0. The summed E-state index contributed by atoms with van der Waals surface area (Å²) in [5.41, 5.74) is 13.3.